The van der Waals surface area contributed by atoms with Gasteiger partial charge in [0.25, 0.3) is 7.82 Å². The molecule has 0 aliphatic carbocycles. The van der Waals surface area contributed by atoms with Crippen LogP contribution < -0.4 is 10.2 Å². The lowest BCUT2D eigenvalue weighted by Gasteiger charge is -2.29. The van der Waals surface area contributed by atoms with E-state index < -0.39 is 20.0 Å². The summed E-state index contributed by atoms with van der Waals surface area (Å²) in [6.45, 7) is 4.68. The molecule has 3 atom stereocenters. The van der Waals surface area contributed by atoms with Gasteiger partial charge < -0.3 is 28.8 Å². The smallest absolute Gasteiger partial charge is 0.268 e. The molecule has 0 fully saturated rings. The van der Waals surface area contributed by atoms with Crippen molar-refractivity contribution >= 4 is 13.7 Å². The zero-order valence-corrected chi connectivity index (χ0v) is 47.4. The van der Waals surface area contributed by atoms with E-state index in [-0.39, 0.29) is 19.1 Å². The molecular formula is C60H117N2O6P. The first kappa shape index (κ1) is 67.7. The van der Waals surface area contributed by atoms with Crippen molar-refractivity contribution in [3.05, 3.63) is 36.5 Å². The highest BCUT2D eigenvalue weighted by molar-refractivity contribution is 7.45. The highest BCUT2D eigenvalue weighted by Crippen LogP contribution is 2.38. The Hall–Kier alpha value is -1.28. The van der Waals surface area contributed by atoms with Crippen molar-refractivity contribution < 1.29 is 32.9 Å². The van der Waals surface area contributed by atoms with Crippen molar-refractivity contribution in [1.29, 1.82) is 0 Å². The van der Waals surface area contributed by atoms with Gasteiger partial charge in [0.05, 0.1) is 39.9 Å². The summed E-state index contributed by atoms with van der Waals surface area (Å²) in [5.41, 5.74) is 0. The third-order valence-corrected chi connectivity index (χ3v) is 14.6. The number of allylic oxidation sites excluding steroid dienone is 5. The molecule has 1 amide bonds. The van der Waals surface area contributed by atoms with Crippen LogP contribution in [0, 0.1) is 0 Å². The number of rotatable bonds is 55. The molecule has 9 heteroatoms. The zero-order valence-electron chi connectivity index (χ0n) is 46.5. The van der Waals surface area contributed by atoms with Crippen molar-refractivity contribution in [3.8, 4) is 0 Å². The van der Waals surface area contributed by atoms with Gasteiger partial charge in [0.1, 0.15) is 13.2 Å². The number of nitrogens with zero attached hydrogens (tertiary/aromatic N) is 1. The average Bonchev–Trinajstić information content (AvgIpc) is 3.31. The van der Waals surface area contributed by atoms with E-state index in [2.05, 4.69) is 43.5 Å². The van der Waals surface area contributed by atoms with Gasteiger partial charge in [-0.05, 0) is 51.4 Å². The molecule has 3 unspecified atom stereocenters. The maximum Gasteiger partial charge on any atom is 0.268 e. The van der Waals surface area contributed by atoms with Crippen LogP contribution in [0.4, 0.5) is 0 Å². The molecule has 0 saturated carbocycles. The maximum absolute atomic E-state index is 13.0. The van der Waals surface area contributed by atoms with Gasteiger partial charge in [0.15, 0.2) is 0 Å². The Morgan fingerprint density at radius 3 is 1.20 bits per heavy atom. The fourth-order valence-corrected chi connectivity index (χ4v) is 9.61. The number of phosphoric acid groups is 1. The van der Waals surface area contributed by atoms with E-state index in [4.69, 9.17) is 9.05 Å². The first-order chi connectivity index (χ1) is 33.5. The highest BCUT2D eigenvalue weighted by atomic mass is 31.2. The van der Waals surface area contributed by atoms with E-state index in [0.29, 0.717) is 17.4 Å². The molecule has 0 spiro atoms. The SMILES string of the molecule is CCCCCCCCCCC/C=C\C/C=C\CCCCCCCCCCCCCCCCCC(=O)NC(COP(=O)([O-])OCC[N+](C)(C)C)C(O)/C=C/CCCCCCCCCCCCCCCC. The molecule has 2 N–H and O–H groups in total. The normalized spacial score (nSPS) is 14.1. The number of carbonyl (C=O) groups excluding carboxylic acids is 1. The lowest BCUT2D eigenvalue weighted by atomic mass is 10.0. The lowest BCUT2D eigenvalue weighted by molar-refractivity contribution is -0.870. The number of quaternary nitrogens is 1. The predicted molar refractivity (Wildman–Crippen MR) is 298 cm³/mol. The number of amides is 1. The number of aliphatic hydroxyl groups is 1. The standard InChI is InChI=1S/C60H117N2O6P/c1-6-8-10-12-14-16-18-20-22-24-25-26-27-28-29-30-31-32-33-34-35-36-37-38-40-42-44-46-48-50-52-54-60(64)61-58(57-68-69(65,66)67-56-55-62(3,4)5)59(63)53-51-49-47-45-43-41-39-23-21-19-17-15-13-11-9-7-2/h25-26,28-29,51,53,58-59,63H,6-24,27,30-50,52,54-57H2,1-5H3,(H-,61,64,65,66)/b26-25-,29-28-,53-51+. The second kappa shape index (κ2) is 51.6. The van der Waals surface area contributed by atoms with Crippen molar-refractivity contribution in [2.75, 3.05) is 40.9 Å². The number of aliphatic hydroxyl groups excluding tert-OH is 1. The molecule has 69 heavy (non-hydrogen) atoms. The van der Waals surface area contributed by atoms with E-state index >= 15 is 0 Å². The summed E-state index contributed by atoms with van der Waals surface area (Å²) in [6, 6.07) is -0.886. The topological polar surface area (TPSA) is 108 Å². The van der Waals surface area contributed by atoms with Crippen LogP contribution in [0.2, 0.25) is 0 Å². The molecule has 0 aliphatic heterocycles. The predicted octanol–water partition coefficient (Wildman–Crippen LogP) is 17.5. The number of carbonyl (C=O) groups is 1. The summed E-state index contributed by atoms with van der Waals surface area (Å²) in [7, 11) is 1.27. The molecule has 8 nitrogen and oxygen atoms in total. The van der Waals surface area contributed by atoms with Gasteiger partial charge in [-0.25, -0.2) is 0 Å². The molecule has 0 bridgehead atoms. The van der Waals surface area contributed by atoms with E-state index in [1.54, 1.807) is 6.08 Å². The number of nitrogens with one attached hydrogen (secondary N) is 1. The quantitative estimate of drug-likeness (QED) is 0.0272. The minimum atomic E-state index is -4.59. The Bertz CT molecular complexity index is 1220. The van der Waals surface area contributed by atoms with E-state index in [1.165, 1.54) is 225 Å². The second-order valence-electron chi connectivity index (χ2n) is 21.7. The van der Waals surface area contributed by atoms with Crippen molar-refractivity contribution in [1.82, 2.24) is 5.32 Å². The first-order valence-corrected chi connectivity index (χ1v) is 31.3. The van der Waals surface area contributed by atoms with Crippen molar-refractivity contribution in [2.45, 2.75) is 302 Å². The van der Waals surface area contributed by atoms with Crippen LogP contribution in [0.1, 0.15) is 290 Å². The molecule has 0 heterocycles. The van der Waals surface area contributed by atoms with Gasteiger partial charge in [-0.2, -0.15) is 0 Å². The largest absolute Gasteiger partial charge is 0.756 e. The van der Waals surface area contributed by atoms with Crippen molar-refractivity contribution in [2.24, 2.45) is 0 Å². The zero-order chi connectivity index (χ0) is 50.6. The van der Waals surface area contributed by atoms with Crippen molar-refractivity contribution in [3.63, 3.8) is 0 Å². The van der Waals surface area contributed by atoms with Gasteiger partial charge in [-0.1, -0.05) is 269 Å². The minimum absolute atomic E-state index is 0.0000570. The highest BCUT2D eigenvalue weighted by Gasteiger charge is 2.23. The van der Waals surface area contributed by atoms with Crippen LogP contribution in [0.5, 0.6) is 0 Å². The Kier molecular flexibility index (Phi) is 50.7. The number of likely N-dealkylation sites (N-methyl/N-ethyl adjacent to an activating group) is 1. The maximum atomic E-state index is 13.0. The fraction of sp³-hybridized carbons (Fsp3) is 0.883. The summed E-state index contributed by atoms with van der Waals surface area (Å²) in [5.74, 6) is -0.194. The Morgan fingerprint density at radius 2 is 0.841 bits per heavy atom. The molecular weight excluding hydrogens is 876 g/mol. The molecule has 0 radical (unpaired) electrons. The van der Waals surface area contributed by atoms with Crippen LogP contribution in [0.15, 0.2) is 36.5 Å². The lowest BCUT2D eigenvalue weighted by Crippen LogP contribution is -2.45. The van der Waals surface area contributed by atoms with E-state index in [9.17, 15) is 19.4 Å². The van der Waals surface area contributed by atoms with Crippen LogP contribution in [-0.4, -0.2) is 68.5 Å². The summed E-state index contributed by atoms with van der Waals surface area (Å²) < 4.78 is 23.3. The van der Waals surface area contributed by atoms with Crippen LogP contribution >= 0.6 is 7.82 Å². The average molecular weight is 994 g/mol. The summed E-state index contributed by atoms with van der Waals surface area (Å²) in [6.07, 6.45) is 66.6. The number of hydrogen-bond donors (Lipinski definition) is 2. The summed E-state index contributed by atoms with van der Waals surface area (Å²) in [4.78, 5) is 25.5. The summed E-state index contributed by atoms with van der Waals surface area (Å²) in [5, 5.41) is 13.9. The van der Waals surface area contributed by atoms with Gasteiger partial charge in [-0.15, -0.1) is 0 Å². The fourth-order valence-electron chi connectivity index (χ4n) is 8.89. The van der Waals surface area contributed by atoms with Gasteiger partial charge in [0, 0.05) is 6.42 Å². The number of phosphoric ester groups is 1. The van der Waals surface area contributed by atoms with Crippen LogP contribution in [-0.2, 0) is 18.4 Å². The molecule has 408 valence electrons. The Morgan fingerprint density at radius 1 is 0.507 bits per heavy atom. The second-order valence-corrected chi connectivity index (χ2v) is 23.1. The van der Waals surface area contributed by atoms with Gasteiger partial charge >= 0.3 is 0 Å². The minimum Gasteiger partial charge on any atom is -0.756 e. The first-order valence-electron chi connectivity index (χ1n) is 29.9. The molecule has 0 rings (SSSR count). The van der Waals surface area contributed by atoms with Gasteiger partial charge in [-0.3, -0.25) is 9.36 Å². The third kappa shape index (κ3) is 54.3. The van der Waals surface area contributed by atoms with Crippen LogP contribution in [0.3, 0.4) is 0 Å². The van der Waals surface area contributed by atoms with Crippen LogP contribution in [0.25, 0.3) is 0 Å². The molecule has 0 aromatic heterocycles. The third-order valence-electron chi connectivity index (χ3n) is 13.6. The van der Waals surface area contributed by atoms with E-state index in [0.717, 1.165) is 44.9 Å². The number of hydrogen-bond acceptors (Lipinski definition) is 6. The molecule has 0 aliphatic rings. The van der Waals surface area contributed by atoms with Gasteiger partial charge in [0.2, 0.25) is 5.91 Å². The van der Waals surface area contributed by atoms with E-state index in [1.807, 2.05) is 27.2 Å². The summed E-state index contributed by atoms with van der Waals surface area (Å²) >= 11 is 0. The Balaban J connectivity index is 4.08. The molecule has 0 saturated heterocycles. The Labute approximate surface area is 429 Å². The number of unbranched alkanes of at least 4 members (excludes halogenated alkanes) is 38. The molecule has 0 aromatic rings. The molecule has 0 aromatic carbocycles. The monoisotopic (exact) mass is 993 g/mol.